The molecule has 0 saturated carbocycles. The van der Waals surface area contributed by atoms with Gasteiger partial charge < -0.3 is 0 Å². The summed E-state index contributed by atoms with van der Waals surface area (Å²) in [6.45, 7) is 16.3. The average Bonchev–Trinajstić information content (AvgIpc) is 3.72. The Kier molecular flexibility index (Phi) is 80.5. The van der Waals surface area contributed by atoms with Gasteiger partial charge >= 0.3 is 406 Å². The third-order valence-corrected chi connectivity index (χ3v) is 23.1. The molecule has 0 aromatic heterocycles. The SMILES string of the molecule is CCCCCCCCCCCCCCCCCCCCCCC[PH](O)(OCCCCCCCC)OCCCCCCCC.CCCCCCCCCCCCCCCCCCCCCCC[PH](O)(OCCCCCCCC)OCCCCCCCC. The van der Waals surface area contributed by atoms with E-state index in [1.165, 1.54) is 385 Å². The van der Waals surface area contributed by atoms with Gasteiger partial charge in [-0.2, -0.15) is 0 Å². The number of hydrogen-bond donors (Lipinski definition) is 2. The van der Waals surface area contributed by atoms with Crippen LogP contribution in [-0.4, -0.2) is 48.5 Å². The topological polar surface area (TPSA) is 77.4 Å². The molecule has 0 spiro atoms. The molecule has 2 N–H and O–H groups in total. The van der Waals surface area contributed by atoms with Crippen molar-refractivity contribution in [2.45, 2.75) is 465 Å². The first-order chi connectivity index (χ1) is 42.4. The molecule has 0 aliphatic rings. The molecule has 0 unspecified atom stereocenters. The second-order valence-electron chi connectivity index (χ2n) is 27.5. The molecule has 0 heterocycles. The summed E-state index contributed by atoms with van der Waals surface area (Å²) in [5.41, 5.74) is 0. The number of rotatable bonds is 76. The molecule has 0 rings (SSSR count). The predicted molar refractivity (Wildman–Crippen MR) is 393 cm³/mol. The Labute approximate surface area is 545 Å². The maximum atomic E-state index is 11.2. The molecule has 0 aromatic carbocycles. The second kappa shape index (κ2) is 78.1. The Hall–Kier alpha value is 0.620. The van der Waals surface area contributed by atoms with Crippen LogP contribution in [0.3, 0.4) is 0 Å². The summed E-state index contributed by atoms with van der Waals surface area (Å²) in [6.07, 6.45) is 90.2. The molecule has 524 valence electrons. The van der Waals surface area contributed by atoms with Crippen molar-refractivity contribution in [3.05, 3.63) is 0 Å². The van der Waals surface area contributed by atoms with Gasteiger partial charge in [-0.15, -0.1) is 0 Å². The Bertz CT molecular complexity index is 1050. The zero-order valence-corrected chi connectivity index (χ0v) is 62.4. The van der Waals surface area contributed by atoms with E-state index in [0.29, 0.717) is 26.4 Å². The van der Waals surface area contributed by atoms with Crippen molar-refractivity contribution in [3.8, 4) is 0 Å². The molecule has 0 atom stereocenters. The van der Waals surface area contributed by atoms with E-state index in [2.05, 4.69) is 41.5 Å². The summed E-state index contributed by atoms with van der Waals surface area (Å²) >= 11 is 0. The van der Waals surface area contributed by atoms with Crippen LogP contribution in [0.25, 0.3) is 0 Å². The van der Waals surface area contributed by atoms with E-state index >= 15 is 0 Å². The van der Waals surface area contributed by atoms with Gasteiger partial charge in [0.25, 0.3) is 0 Å². The van der Waals surface area contributed by atoms with E-state index in [1.54, 1.807) is 0 Å². The van der Waals surface area contributed by atoms with Crippen LogP contribution >= 0.6 is 15.9 Å². The molecule has 0 amide bonds. The van der Waals surface area contributed by atoms with E-state index in [0.717, 1.165) is 50.8 Å². The van der Waals surface area contributed by atoms with Gasteiger partial charge in [0.2, 0.25) is 0 Å². The first-order valence-corrected chi connectivity index (χ1v) is 44.3. The minimum absolute atomic E-state index is 0.671. The van der Waals surface area contributed by atoms with Crippen molar-refractivity contribution in [2.75, 3.05) is 38.8 Å². The molecule has 0 aliphatic carbocycles. The minimum atomic E-state index is -3.02. The van der Waals surface area contributed by atoms with Gasteiger partial charge in [-0.05, 0) is 0 Å². The van der Waals surface area contributed by atoms with Gasteiger partial charge in [-0.3, -0.25) is 0 Å². The standard InChI is InChI=1S/2C39H83O3P/c2*1-4-7-10-13-16-17-18-19-20-21-22-23-24-25-26-27-28-29-30-33-36-39-43(40,41-37-34-31-14-11-8-5-2)42-38-35-32-15-12-9-6-3/h2*40,43H,4-39H2,1-3H3. The summed E-state index contributed by atoms with van der Waals surface area (Å²) in [5.74, 6) is 0. The molecule has 0 aliphatic heterocycles. The fourth-order valence-electron chi connectivity index (χ4n) is 12.4. The Morgan fingerprint density at radius 1 is 0.151 bits per heavy atom. The van der Waals surface area contributed by atoms with Gasteiger partial charge in [0.15, 0.2) is 0 Å². The first kappa shape index (κ1) is 88.7. The van der Waals surface area contributed by atoms with Crippen molar-refractivity contribution in [2.24, 2.45) is 0 Å². The van der Waals surface area contributed by atoms with E-state index < -0.39 is 15.9 Å². The molecule has 0 aromatic rings. The summed E-state index contributed by atoms with van der Waals surface area (Å²) in [5, 5.41) is 0. The normalized spacial score (nSPS) is 12.4. The van der Waals surface area contributed by atoms with E-state index in [4.69, 9.17) is 18.1 Å². The van der Waals surface area contributed by atoms with Gasteiger partial charge in [-0.25, -0.2) is 0 Å². The zero-order valence-electron chi connectivity index (χ0n) is 60.4. The molecular formula is C78H166O6P2. The first-order valence-electron chi connectivity index (χ1n) is 40.4. The van der Waals surface area contributed by atoms with Crippen molar-refractivity contribution < 1.29 is 27.9 Å². The third-order valence-electron chi connectivity index (χ3n) is 18.5. The predicted octanol–water partition coefficient (Wildman–Crippen LogP) is 28.9. The molecule has 86 heavy (non-hydrogen) atoms. The van der Waals surface area contributed by atoms with Crippen LogP contribution in [0.5, 0.6) is 0 Å². The van der Waals surface area contributed by atoms with E-state index in [-0.39, 0.29) is 0 Å². The van der Waals surface area contributed by atoms with Crippen molar-refractivity contribution in [3.63, 3.8) is 0 Å². The Morgan fingerprint density at radius 2 is 0.256 bits per heavy atom. The molecule has 0 saturated heterocycles. The van der Waals surface area contributed by atoms with Crippen LogP contribution in [0.4, 0.5) is 0 Å². The Morgan fingerprint density at radius 3 is 0.384 bits per heavy atom. The second-order valence-corrected chi connectivity index (χ2v) is 32.5. The Balaban J connectivity index is 0. The van der Waals surface area contributed by atoms with Crippen LogP contribution in [0.2, 0.25) is 0 Å². The van der Waals surface area contributed by atoms with Gasteiger partial charge in [0, 0.05) is 0 Å². The van der Waals surface area contributed by atoms with Crippen LogP contribution < -0.4 is 0 Å². The van der Waals surface area contributed by atoms with E-state index in [9.17, 15) is 9.79 Å². The van der Waals surface area contributed by atoms with Crippen LogP contribution in [-0.2, 0) is 18.1 Å². The molecule has 0 fully saturated rings. The summed E-state index contributed by atoms with van der Waals surface area (Å²) in [7, 11) is -6.03. The average molecular weight is 1260 g/mol. The zero-order chi connectivity index (χ0) is 62.7. The monoisotopic (exact) mass is 1260 g/mol. The van der Waals surface area contributed by atoms with Crippen LogP contribution in [0.1, 0.15) is 465 Å². The molecular weight excluding hydrogens is 1090 g/mol. The van der Waals surface area contributed by atoms with Gasteiger partial charge in [0.05, 0.1) is 0 Å². The molecule has 0 bridgehead atoms. The van der Waals surface area contributed by atoms with Gasteiger partial charge in [0.1, 0.15) is 0 Å². The molecule has 0 radical (unpaired) electrons. The number of unbranched alkanes of at least 4 members (excludes halogenated alkanes) is 60. The van der Waals surface area contributed by atoms with Crippen molar-refractivity contribution in [1.29, 1.82) is 0 Å². The number of hydrogen-bond acceptors (Lipinski definition) is 6. The molecule has 6 nitrogen and oxygen atoms in total. The van der Waals surface area contributed by atoms with Crippen molar-refractivity contribution >= 4 is 15.9 Å². The fourth-order valence-corrected chi connectivity index (χ4v) is 16.4. The summed E-state index contributed by atoms with van der Waals surface area (Å²) in [6, 6.07) is 0. The molecule has 8 heteroatoms. The van der Waals surface area contributed by atoms with E-state index in [1.807, 2.05) is 0 Å². The quantitative estimate of drug-likeness (QED) is 0.0467. The third kappa shape index (κ3) is 75.3. The van der Waals surface area contributed by atoms with Gasteiger partial charge in [-0.1, -0.05) is 142 Å². The summed E-state index contributed by atoms with van der Waals surface area (Å²) < 4.78 is 24.4. The van der Waals surface area contributed by atoms with Crippen molar-refractivity contribution in [1.82, 2.24) is 0 Å². The fraction of sp³-hybridized carbons (Fsp3) is 1.00. The maximum absolute atomic E-state index is 11.2. The summed E-state index contributed by atoms with van der Waals surface area (Å²) in [4.78, 5) is 22.5. The van der Waals surface area contributed by atoms with Crippen LogP contribution in [0, 0.1) is 0 Å². The van der Waals surface area contributed by atoms with Crippen LogP contribution in [0.15, 0.2) is 0 Å².